The summed E-state index contributed by atoms with van der Waals surface area (Å²) in [5, 5.41) is 4.10. The van der Waals surface area contributed by atoms with Gasteiger partial charge in [-0.1, -0.05) is 5.16 Å². The first kappa shape index (κ1) is 11.4. The van der Waals surface area contributed by atoms with E-state index < -0.39 is 0 Å². The van der Waals surface area contributed by atoms with E-state index in [4.69, 9.17) is 15.0 Å². The Morgan fingerprint density at radius 2 is 2.00 bits per heavy atom. The Balaban J connectivity index is 2.04. The van der Waals surface area contributed by atoms with Gasteiger partial charge in [-0.15, -0.1) is 0 Å². The van der Waals surface area contributed by atoms with Crippen molar-refractivity contribution < 1.29 is 9.26 Å². The minimum absolute atomic E-state index is 0.265. The van der Waals surface area contributed by atoms with E-state index in [0.717, 1.165) is 12.8 Å². The molecule has 0 aromatic carbocycles. The Hall–Kier alpha value is -1.66. The molecule has 3 rings (SSSR count). The SMILES string of the molecule is NCc1nc(C2(n3cccc3)CCOCC2)no1. The van der Waals surface area contributed by atoms with Gasteiger partial charge in [-0.3, -0.25) is 0 Å². The van der Waals surface area contributed by atoms with Gasteiger partial charge < -0.3 is 19.6 Å². The van der Waals surface area contributed by atoms with E-state index in [0.29, 0.717) is 24.9 Å². The number of aromatic nitrogens is 3. The molecule has 0 saturated carbocycles. The maximum atomic E-state index is 5.53. The molecule has 0 amide bonds. The molecule has 6 heteroatoms. The second-order valence-electron chi connectivity index (χ2n) is 4.45. The van der Waals surface area contributed by atoms with E-state index in [1.165, 1.54) is 0 Å². The highest BCUT2D eigenvalue weighted by atomic mass is 16.5. The summed E-state index contributed by atoms with van der Waals surface area (Å²) in [5.41, 5.74) is 5.26. The Kier molecular flexibility index (Phi) is 2.89. The van der Waals surface area contributed by atoms with Crippen LogP contribution >= 0.6 is 0 Å². The van der Waals surface area contributed by atoms with Gasteiger partial charge >= 0.3 is 0 Å². The largest absolute Gasteiger partial charge is 0.381 e. The molecule has 0 bridgehead atoms. The Morgan fingerprint density at radius 1 is 1.28 bits per heavy atom. The summed E-state index contributed by atoms with van der Waals surface area (Å²) in [6, 6.07) is 4.00. The van der Waals surface area contributed by atoms with Gasteiger partial charge in [-0.25, -0.2) is 0 Å². The van der Waals surface area contributed by atoms with Gasteiger partial charge in [0.25, 0.3) is 0 Å². The fraction of sp³-hybridized carbons (Fsp3) is 0.500. The summed E-state index contributed by atoms with van der Waals surface area (Å²) in [7, 11) is 0. The van der Waals surface area contributed by atoms with Crippen molar-refractivity contribution in [3.05, 3.63) is 36.2 Å². The second-order valence-corrected chi connectivity index (χ2v) is 4.45. The maximum Gasteiger partial charge on any atom is 0.240 e. The smallest absolute Gasteiger partial charge is 0.240 e. The van der Waals surface area contributed by atoms with E-state index in [-0.39, 0.29) is 12.1 Å². The summed E-state index contributed by atoms with van der Waals surface area (Å²) in [6.45, 7) is 1.67. The summed E-state index contributed by atoms with van der Waals surface area (Å²) in [6.07, 6.45) is 5.74. The molecule has 18 heavy (non-hydrogen) atoms. The van der Waals surface area contributed by atoms with Crippen molar-refractivity contribution in [2.24, 2.45) is 5.73 Å². The summed E-state index contributed by atoms with van der Waals surface area (Å²) in [5.74, 6) is 1.17. The molecule has 0 atom stereocenters. The Morgan fingerprint density at radius 3 is 2.61 bits per heavy atom. The summed E-state index contributed by atoms with van der Waals surface area (Å²) >= 11 is 0. The van der Waals surface area contributed by atoms with Gasteiger partial charge in [0, 0.05) is 38.4 Å². The molecule has 1 saturated heterocycles. The molecule has 0 aliphatic carbocycles. The van der Waals surface area contributed by atoms with Gasteiger partial charge in [-0.2, -0.15) is 4.98 Å². The van der Waals surface area contributed by atoms with Crippen LogP contribution in [0, 0.1) is 0 Å². The lowest BCUT2D eigenvalue weighted by Gasteiger charge is -2.35. The highest BCUT2D eigenvalue weighted by molar-refractivity contribution is 5.12. The van der Waals surface area contributed by atoms with Crippen LogP contribution in [0.1, 0.15) is 24.6 Å². The number of rotatable bonds is 3. The molecular formula is C12H16N4O2. The van der Waals surface area contributed by atoms with Gasteiger partial charge in [0.05, 0.1) is 6.54 Å². The van der Waals surface area contributed by atoms with Gasteiger partial charge in [-0.05, 0) is 12.1 Å². The number of hydrogen-bond donors (Lipinski definition) is 1. The van der Waals surface area contributed by atoms with Crippen LogP contribution in [0.3, 0.4) is 0 Å². The summed E-state index contributed by atoms with van der Waals surface area (Å²) in [4.78, 5) is 4.40. The van der Waals surface area contributed by atoms with Gasteiger partial charge in [0.15, 0.2) is 5.82 Å². The molecule has 1 fully saturated rings. The predicted molar refractivity (Wildman–Crippen MR) is 63.8 cm³/mol. The molecule has 96 valence electrons. The van der Waals surface area contributed by atoms with Crippen LogP contribution in [0.5, 0.6) is 0 Å². The zero-order valence-electron chi connectivity index (χ0n) is 10.1. The normalized spacial score (nSPS) is 18.9. The van der Waals surface area contributed by atoms with Crippen molar-refractivity contribution in [1.82, 2.24) is 14.7 Å². The topological polar surface area (TPSA) is 79.1 Å². The lowest BCUT2D eigenvalue weighted by molar-refractivity contribution is 0.0344. The van der Waals surface area contributed by atoms with Crippen molar-refractivity contribution in [3.8, 4) is 0 Å². The van der Waals surface area contributed by atoms with Crippen molar-refractivity contribution in [3.63, 3.8) is 0 Å². The molecular weight excluding hydrogens is 232 g/mol. The summed E-state index contributed by atoms with van der Waals surface area (Å²) < 4.78 is 12.7. The first-order valence-corrected chi connectivity index (χ1v) is 6.09. The van der Waals surface area contributed by atoms with Gasteiger partial charge in [0.2, 0.25) is 5.89 Å². The Bertz CT molecular complexity index is 500. The van der Waals surface area contributed by atoms with Gasteiger partial charge in [0.1, 0.15) is 5.54 Å². The molecule has 2 aromatic heterocycles. The molecule has 0 spiro atoms. The van der Waals surface area contributed by atoms with Crippen LogP contribution in [0.15, 0.2) is 29.0 Å². The number of hydrogen-bond acceptors (Lipinski definition) is 5. The van der Waals surface area contributed by atoms with Crippen molar-refractivity contribution in [1.29, 1.82) is 0 Å². The van der Waals surface area contributed by atoms with E-state index in [1.54, 1.807) is 0 Å². The predicted octanol–water partition coefficient (Wildman–Crippen LogP) is 0.884. The standard InChI is InChI=1S/C12H16N4O2/c13-9-10-14-11(15-18-10)12(3-7-17-8-4-12)16-5-1-2-6-16/h1-2,5-6H,3-4,7-9,13H2. The third-order valence-corrected chi connectivity index (χ3v) is 3.48. The highest BCUT2D eigenvalue weighted by Gasteiger charge is 2.40. The Labute approximate surface area is 105 Å². The van der Waals surface area contributed by atoms with Crippen molar-refractivity contribution in [2.45, 2.75) is 24.9 Å². The minimum atomic E-state index is -0.265. The quantitative estimate of drug-likeness (QED) is 0.872. The average molecular weight is 248 g/mol. The molecule has 2 aromatic rings. The zero-order valence-corrected chi connectivity index (χ0v) is 10.1. The maximum absolute atomic E-state index is 5.53. The van der Waals surface area contributed by atoms with E-state index in [1.807, 2.05) is 24.5 Å². The molecule has 6 nitrogen and oxygen atoms in total. The molecule has 3 heterocycles. The van der Waals surface area contributed by atoms with Crippen LogP contribution in [0.4, 0.5) is 0 Å². The molecule has 1 aliphatic heterocycles. The molecule has 0 radical (unpaired) electrons. The molecule has 0 unspecified atom stereocenters. The number of nitrogens with two attached hydrogens (primary N) is 1. The average Bonchev–Trinajstić information content (AvgIpc) is 3.11. The van der Waals surface area contributed by atoms with Crippen molar-refractivity contribution in [2.75, 3.05) is 13.2 Å². The van der Waals surface area contributed by atoms with E-state index in [2.05, 4.69) is 14.7 Å². The van der Waals surface area contributed by atoms with Crippen LogP contribution in [0.25, 0.3) is 0 Å². The zero-order chi connectivity index (χ0) is 12.4. The monoisotopic (exact) mass is 248 g/mol. The third kappa shape index (κ3) is 1.74. The fourth-order valence-electron chi connectivity index (χ4n) is 2.45. The fourth-order valence-corrected chi connectivity index (χ4v) is 2.45. The minimum Gasteiger partial charge on any atom is -0.381 e. The molecule has 1 aliphatic rings. The number of ether oxygens (including phenoxy) is 1. The van der Waals surface area contributed by atoms with Crippen LogP contribution in [-0.2, 0) is 16.8 Å². The second kappa shape index (κ2) is 4.55. The van der Waals surface area contributed by atoms with Crippen LogP contribution in [0.2, 0.25) is 0 Å². The third-order valence-electron chi connectivity index (χ3n) is 3.48. The van der Waals surface area contributed by atoms with E-state index in [9.17, 15) is 0 Å². The van der Waals surface area contributed by atoms with Crippen molar-refractivity contribution >= 4 is 0 Å². The highest BCUT2D eigenvalue weighted by Crippen LogP contribution is 2.34. The first-order valence-electron chi connectivity index (χ1n) is 6.09. The molecule has 2 N–H and O–H groups in total. The lowest BCUT2D eigenvalue weighted by Crippen LogP contribution is -2.41. The van der Waals surface area contributed by atoms with Crippen LogP contribution < -0.4 is 5.73 Å². The number of nitrogens with zero attached hydrogens (tertiary/aromatic N) is 3. The van der Waals surface area contributed by atoms with E-state index >= 15 is 0 Å². The first-order chi connectivity index (χ1) is 8.85. The lowest BCUT2D eigenvalue weighted by atomic mass is 9.89. The van der Waals surface area contributed by atoms with Crippen LogP contribution in [-0.4, -0.2) is 27.9 Å².